The topological polar surface area (TPSA) is 84.9 Å². The molecule has 1 unspecified atom stereocenters. The summed E-state index contributed by atoms with van der Waals surface area (Å²) >= 11 is 0. The van der Waals surface area contributed by atoms with Gasteiger partial charge in [-0.1, -0.05) is 31.2 Å². The molecule has 6 atom stereocenters. The summed E-state index contributed by atoms with van der Waals surface area (Å²) in [6.07, 6.45) is 6.62. The highest BCUT2D eigenvalue weighted by Crippen LogP contribution is 2.67. The van der Waals surface area contributed by atoms with E-state index in [-0.39, 0.29) is 10.8 Å². The van der Waals surface area contributed by atoms with Crippen molar-refractivity contribution in [3.63, 3.8) is 0 Å². The molecular formula is C22H34N2O3. The standard InChI is InChI=1S/C22H34N2O3/c1-14-12-22(26)13-15(24-27-11-10-23)6-9-21(22,3)17-7-8-20(2)16(19(14)17)4-5-18(20)25/h16-17,19,26H,1,4-13,23H2,2-3H3/t16-,17+,19-,20-,21+,22?/m0/s1. The Morgan fingerprint density at radius 1 is 1.22 bits per heavy atom. The first-order valence-electron chi connectivity index (χ1n) is 10.6. The molecule has 0 aliphatic heterocycles. The molecule has 4 aliphatic carbocycles. The smallest absolute Gasteiger partial charge is 0.139 e. The third kappa shape index (κ3) is 2.65. The lowest BCUT2D eigenvalue weighted by Gasteiger charge is -2.63. The molecule has 5 heteroatoms. The lowest BCUT2D eigenvalue weighted by molar-refractivity contribution is -0.170. The SMILES string of the molecule is C=C1CC2(O)CC(=NOCCN)CC[C@]2(C)[C@@H]2CC[C@]3(C)C(=O)CC[C@H]3[C@H]12. The second kappa shape index (κ2) is 6.41. The van der Waals surface area contributed by atoms with Crippen molar-refractivity contribution in [3.8, 4) is 0 Å². The van der Waals surface area contributed by atoms with Gasteiger partial charge in [0.1, 0.15) is 12.4 Å². The van der Waals surface area contributed by atoms with Crippen molar-refractivity contribution >= 4 is 11.5 Å². The minimum absolute atomic E-state index is 0.154. The third-order valence-electron chi connectivity index (χ3n) is 8.68. The highest BCUT2D eigenvalue weighted by Gasteiger charge is 2.65. The molecule has 150 valence electrons. The Hall–Kier alpha value is -1.20. The molecule has 0 bridgehead atoms. The van der Waals surface area contributed by atoms with Crippen LogP contribution < -0.4 is 5.73 Å². The van der Waals surface area contributed by atoms with E-state index in [1.54, 1.807) is 0 Å². The molecule has 0 aromatic carbocycles. The van der Waals surface area contributed by atoms with Crippen molar-refractivity contribution in [2.75, 3.05) is 13.2 Å². The third-order valence-corrected chi connectivity index (χ3v) is 8.68. The summed E-state index contributed by atoms with van der Waals surface area (Å²) in [5, 5.41) is 16.0. The number of hydrogen-bond acceptors (Lipinski definition) is 5. The quantitative estimate of drug-likeness (QED) is 0.451. The fourth-order valence-corrected chi connectivity index (χ4v) is 7.02. The number of carbonyl (C=O) groups is 1. The minimum atomic E-state index is -0.815. The molecule has 4 saturated carbocycles. The van der Waals surface area contributed by atoms with E-state index >= 15 is 0 Å². The number of oxime groups is 1. The van der Waals surface area contributed by atoms with Crippen molar-refractivity contribution in [3.05, 3.63) is 12.2 Å². The van der Waals surface area contributed by atoms with Gasteiger partial charge in [0.2, 0.25) is 0 Å². The highest BCUT2D eigenvalue weighted by molar-refractivity contribution is 5.87. The van der Waals surface area contributed by atoms with Crippen molar-refractivity contribution in [2.45, 2.75) is 70.8 Å². The van der Waals surface area contributed by atoms with Gasteiger partial charge in [0.15, 0.2) is 0 Å². The van der Waals surface area contributed by atoms with E-state index in [4.69, 9.17) is 10.6 Å². The molecule has 27 heavy (non-hydrogen) atoms. The second-order valence-electron chi connectivity index (χ2n) is 9.90. The average Bonchev–Trinajstić information content (AvgIpc) is 2.92. The molecule has 0 heterocycles. The van der Waals surface area contributed by atoms with Crippen LogP contribution in [-0.2, 0) is 9.63 Å². The maximum Gasteiger partial charge on any atom is 0.139 e. The summed E-state index contributed by atoms with van der Waals surface area (Å²) in [6, 6.07) is 0. The Balaban J connectivity index is 1.63. The minimum Gasteiger partial charge on any atom is -0.395 e. The number of hydrogen-bond donors (Lipinski definition) is 2. The van der Waals surface area contributed by atoms with E-state index in [1.165, 1.54) is 0 Å². The zero-order valence-corrected chi connectivity index (χ0v) is 16.8. The van der Waals surface area contributed by atoms with E-state index in [1.807, 2.05) is 0 Å². The molecule has 0 radical (unpaired) electrons. The molecule has 5 nitrogen and oxygen atoms in total. The number of carbonyl (C=O) groups excluding carboxylic acids is 1. The number of fused-ring (bicyclic) bond motifs is 5. The zero-order valence-electron chi connectivity index (χ0n) is 16.8. The summed E-state index contributed by atoms with van der Waals surface area (Å²) < 4.78 is 0. The summed E-state index contributed by atoms with van der Waals surface area (Å²) in [6.45, 7) is 9.73. The number of ketones is 1. The average molecular weight is 375 g/mol. The van der Waals surface area contributed by atoms with Crippen LogP contribution in [0, 0.1) is 28.6 Å². The fraction of sp³-hybridized carbons (Fsp3) is 0.818. The monoisotopic (exact) mass is 374 g/mol. The van der Waals surface area contributed by atoms with Crippen molar-refractivity contribution in [1.29, 1.82) is 0 Å². The van der Waals surface area contributed by atoms with Gasteiger partial charge in [-0.15, -0.1) is 0 Å². The predicted octanol–water partition coefficient (Wildman–Crippen LogP) is 3.21. The molecule has 4 aliphatic rings. The van der Waals surface area contributed by atoms with E-state index in [0.717, 1.165) is 43.4 Å². The summed E-state index contributed by atoms with van der Waals surface area (Å²) in [5.74, 6) is 1.62. The Morgan fingerprint density at radius 3 is 2.74 bits per heavy atom. The van der Waals surface area contributed by atoms with Crippen LogP contribution in [0.2, 0.25) is 0 Å². The Bertz CT molecular complexity index is 689. The maximum atomic E-state index is 12.6. The van der Waals surface area contributed by atoms with Gasteiger partial charge >= 0.3 is 0 Å². The number of nitrogens with zero attached hydrogens (tertiary/aromatic N) is 1. The number of Topliss-reactive ketones (excluding diaryl/α,β-unsaturated/α-hetero) is 1. The van der Waals surface area contributed by atoms with Crippen molar-refractivity contribution < 1.29 is 14.7 Å². The summed E-state index contributed by atoms with van der Waals surface area (Å²) in [7, 11) is 0. The molecule has 0 amide bonds. The van der Waals surface area contributed by atoms with Gasteiger partial charge in [-0.2, -0.15) is 0 Å². The first-order chi connectivity index (χ1) is 12.7. The lowest BCUT2D eigenvalue weighted by Crippen LogP contribution is -2.63. The lowest BCUT2D eigenvalue weighted by atomic mass is 9.43. The van der Waals surface area contributed by atoms with Gasteiger partial charge in [0, 0.05) is 30.2 Å². The number of nitrogens with two attached hydrogens (primary N) is 1. The Kier molecular flexibility index (Phi) is 4.54. The Morgan fingerprint density at radius 2 is 2.00 bits per heavy atom. The van der Waals surface area contributed by atoms with Crippen LogP contribution in [0.15, 0.2) is 17.3 Å². The second-order valence-corrected chi connectivity index (χ2v) is 9.90. The molecule has 0 aromatic heterocycles. The molecular weight excluding hydrogens is 340 g/mol. The van der Waals surface area contributed by atoms with Crippen LogP contribution in [0.1, 0.15) is 65.2 Å². The molecule has 0 saturated heterocycles. The van der Waals surface area contributed by atoms with E-state index in [9.17, 15) is 9.90 Å². The van der Waals surface area contributed by atoms with Crippen LogP contribution in [0.25, 0.3) is 0 Å². The van der Waals surface area contributed by atoms with Crippen LogP contribution in [0.3, 0.4) is 0 Å². The first kappa shape index (κ1) is 19.1. The van der Waals surface area contributed by atoms with Crippen LogP contribution in [0.4, 0.5) is 0 Å². The summed E-state index contributed by atoms with van der Waals surface area (Å²) in [4.78, 5) is 17.9. The van der Waals surface area contributed by atoms with Gasteiger partial charge in [0.05, 0.1) is 11.3 Å². The maximum absolute atomic E-state index is 12.6. The number of aliphatic hydroxyl groups is 1. The Labute approximate surface area is 162 Å². The molecule has 0 aromatic rings. The first-order valence-corrected chi connectivity index (χ1v) is 10.6. The van der Waals surface area contributed by atoms with E-state index in [2.05, 4.69) is 25.6 Å². The molecule has 3 N–H and O–H groups in total. The zero-order chi connectivity index (χ0) is 19.4. The molecule has 0 spiro atoms. The molecule has 4 fully saturated rings. The van der Waals surface area contributed by atoms with Crippen molar-refractivity contribution in [2.24, 2.45) is 39.5 Å². The largest absolute Gasteiger partial charge is 0.395 e. The van der Waals surface area contributed by atoms with Gasteiger partial charge in [-0.3, -0.25) is 4.79 Å². The fourth-order valence-electron chi connectivity index (χ4n) is 7.02. The van der Waals surface area contributed by atoms with E-state index < -0.39 is 5.60 Å². The van der Waals surface area contributed by atoms with E-state index in [0.29, 0.717) is 56.0 Å². The van der Waals surface area contributed by atoms with Crippen LogP contribution in [-0.4, -0.2) is 35.4 Å². The highest BCUT2D eigenvalue weighted by atomic mass is 16.6. The van der Waals surface area contributed by atoms with Crippen molar-refractivity contribution in [1.82, 2.24) is 0 Å². The molecule has 4 rings (SSSR count). The van der Waals surface area contributed by atoms with Gasteiger partial charge in [0.25, 0.3) is 0 Å². The van der Waals surface area contributed by atoms with Gasteiger partial charge < -0.3 is 15.7 Å². The van der Waals surface area contributed by atoms with Crippen LogP contribution in [0.5, 0.6) is 0 Å². The summed E-state index contributed by atoms with van der Waals surface area (Å²) in [5.41, 5.74) is 6.41. The normalized spacial score (nSPS) is 48.1. The van der Waals surface area contributed by atoms with Gasteiger partial charge in [-0.05, 0) is 56.3 Å². The predicted molar refractivity (Wildman–Crippen MR) is 105 cm³/mol. The number of rotatable bonds is 3. The van der Waals surface area contributed by atoms with Gasteiger partial charge in [-0.25, -0.2) is 0 Å². The van der Waals surface area contributed by atoms with Crippen LogP contribution >= 0.6 is 0 Å².